The van der Waals surface area contributed by atoms with E-state index in [1.165, 1.54) is 10.4 Å². The van der Waals surface area contributed by atoms with Crippen LogP contribution < -0.4 is 10.4 Å². The van der Waals surface area contributed by atoms with Gasteiger partial charge in [-0.25, -0.2) is 0 Å². The Morgan fingerprint density at radius 2 is 1.38 bits per heavy atom. The average Bonchev–Trinajstić information content (AvgIpc) is 2.59. The molecule has 0 fully saturated rings. The summed E-state index contributed by atoms with van der Waals surface area (Å²) in [4.78, 5) is 0. The van der Waals surface area contributed by atoms with Crippen molar-refractivity contribution in [1.82, 2.24) is 0 Å². The highest BCUT2D eigenvalue weighted by atomic mass is 28.4. The third-order valence-electron chi connectivity index (χ3n) is 4.66. The van der Waals surface area contributed by atoms with Gasteiger partial charge < -0.3 is 9.53 Å². The number of rotatable bonds is 7. The van der Waals surface area contributed by atoms with Crippen LogP contribution in [-0.2, 0) is 4.43 Å². The van der Waals surface area contributed by atoms with Gasteiger partial charge in [0.1, 0.15) is 0 Å². The van der Waals surface area contributed by atoms with Crippen molar-refractivity contribution in [1.29, 1.82) is 0 Å². The third-order valence-corrected chi connectivity index (χ3v) is 9.70. The largest absolute Gasteiger partial charge is 0.407 e. The highest BCUT2D eigenvalue weighted by Gasteiger charge is 2.49. The van der Waals surface area contributed by atoms with Crippen LogP contribution in [0.15, 0.2) is 60.7 Å². The highest BCUT2D eigenvalue weighted by molar-refractivity contribution is 6.99. The van der Waals surface area contributed by atoms with Gasteiger partial charge in [0.15, 0.2) is 0 Å². The summed E-state index contributed by atoms with van der Waals surface area (Å²) in [6.07, 6.45) is 1.16. The van der Waals surface area contributed by atoms with E-state index in [4.69, 9.17) is 4.43 Å². The summed E-state index contributed by atoms with van der Waals surface area (Å²) < 4.78 is 6.72. The molecule has 1 atom stereocenters. The lowest BCUT2D eigenvalue weighted by Gasteiger charge is -2.43. The SMILES string of the molecule is CCC(O)CCO[Si](c1ccccc1)(c1ccccc1)C(C)(C)C. The fourth-order valence-corrected chi connectivity index (χ4v) is 7.89. The number of hydrogen-bond donors (Lipinski definition) is 1. The lowest BCUT2D eigenvalue weighted by molar-refractivity contribution is 0.133. The second-order valence-corrected chi connectivity index (χ2v) is 11.7. The third kappa shape index (κ3) is 3.97. The van der Waals surface area contributed by atoms with Gasteiger partial charge in [-0.05, 0) is 28.3 Å². The van der Waals surface area contributed by atoms with Crippen molar-refractivity contribution in [2.75, 3.05) is 6.61 Å². The molecule has 0 bridgehead atoms. The Morgan fingerprint density at radius 1 is 0.917 bits per heavy atom. The molecule has 1 unspecified atom stereocenters. The minimum Gasteiger partial charge on any atom is -0.407 e. The highest BCUT2D eigenvalue weighted by Crippen LogP contribution is 2.36. The molecule has 1 N–H and O–H groups in total. The van der Waals surface area contributed by atoms with E-state index in [1.54, 1.807) is 0 Å². The van der Waals surface area contributed by atoms with Crippen molar-refractivity contribution >= 4 is 18.7 Å². The minimum absolute atomic E-state index is 0.00707. The first kappa shape index (κ1) is 18.9. The van der Waals surface area contributed by atoms with Crippen LogP contribution in [0.4, 0.5) is 0 Å². The summed E-state index contributed by atoms with van der Waals surface area (Å²) in [6.45, 7) is 9.41. The zero-order valence-electron chi connectivity index (χ0n) is 15.3. The van der Waals surface area contributed by atoms with E-state index >= 15 is 0 Å². The normalized spacial score (nSPS) is 13.7. The molecule has 0 aliphatic heterocycles. The Bertz CT molecular complexity index is 565. The zero-order chi connectivity index (χ0) is 17.6. The quantitative estimate of drug-likeness (QED) is 0.777. The Labute approximate surface area is 147 Å². The maximum atomic E-state index is 9.93. The molecule has 3 heteroatoms. The summed E-state index contributed by atoms with van der Waals surface area (Å²) in [5.41, 5.74) is 0. The molecule has 0 heterocycles. The van der Waals surface area contributed by atoms with Crippen LogP contribution >= 0.6 is 0 Å². The van der Waals surface area contributed by atoms with Gasteiger partial charge in [-0.2, -0.15) is 0 Å². The topological polar surface area (TPSA) is 29.5 Å². The van der Waals surface area contributed by atoms with Gasteiger partial charge in [0.2, 0.25) is 0 Å². The molecule has 2 nitrogen and oxygen atoms in total. The van der Waals surface area contributed by atoms with E-state index in [-0.39, 0.29) is 11.1 Å². The second kappa shape index (κ2) is 8.10. The number of aliphatic hydroxyl groups is 1. The second-order valence-electron chi connectivity index (χ2n) is 7.36. The van der Waals surface area contributed by atoms with Crippen LogP contribution in [0.5, 0.6) is 0 Å². The smallest absolute Gasteiger partial charge is 0.261 e. The summed E-state index contributed by atoms with van der Waals surface area (Å²) in [5.74, 6) is 0. The molecule has 0 aliphatic rings. The van der Waals surface area contributed by atoms with Gasteiger partial charge in [-0.3, -0.25) is 0 Å². The molecule has 0 saturated heterocycles. The van der Waals surface area contributed by atoms with E-state index in [0.29, 0.717) is 13.0 Å². The average molecular weight is 343 g/mol. The van der Waals surface area contributed by atoms with Crippen LogP contribution in [0.2, 0.25) is 5.04 Å². The summed E-state index contributed by atoms with van der Waals surface area (Å²) in [7, 11) is -2.44. The van der Waals surface area contributed by atoms with Crippen LogP contribution in [0, 0.1) is 0 Å². The van der Waals surface area contributed by atoms with Crippen molar-refractivity contribution in [3.63, 3.8) is 0 Å². The number of benzene rings is 2. The van der Waals surface area contributed by atoms with Gasteiger partial charge in [-0.15, -0.1) is 0 Å². The predicted molar refractivity (Wildman–Crippen MR) is 104 cm³/mol. The fraction of sp³-hybridized carbons (Fsp3) is 0.429. The van der Waals surface area contributed by atoms with Gasteiger partial charge in [0, 0.05) is 6.61 Å². The Balaban J connectivity index is 2.49. The van der Waals surface area contributed by atoms with Gasteiger partial charge in [-0.1, -0.05) is 88.4 Å². The lowest BCUT2D eigenvalue weighted by Crippen LogP contribution is -2.66. The molecule has 2 rings (SSSR count). The molecule has 2 aromatic rings. The Hall–Kier alpha value is -1.42. The first-order chi connectivity index (χ1) is 11.4. The van der Waals surface area contributed by atoms with E-state index in [2.05, 4.69) is 81.4 Å². The van der Waals surface area contributed by atoms with Crippen LogP contribution in [0.1, 0.15) is 40.5 Å². The number of hydrogen-bond acceptors (Lipinski definition) is 2. The summed E-state index contributed by atoms with van der Waals surface area (Å²) in [6, 6.07) is 21.3. The first-order valence-corrected chi connectivity index (χ1v) is 10.8. The van der Waals surface area contributed by atoms with Crippen LogP contribution in [-0.4, -0.2) is 26.1 Å². The molecule has 0 aromatic heterocycles. The monoisotopic (exact) mass is 342 g/mol. The van der Waals surface area contributed by atoms with Gasteiger partial charge in [0.25, 0.3) is 8.32 Å². The van der Waals surface area contributed by atoms with E-state index in [9.17, 15) is 5.11 Å². The van der Waals surface area contributed by atoms with Crippen molar-refractivity contribution < 1.29 is 9.53 Å². The van der Waals surface area contributed by atoms with E-state index in [1.807, 2.05) is 6.92 Å². The molecule has 0 amide bonds. The lowest BCUT2D eigenvalue weighted by atomic mass is 10.2. The van der Waals surface area contributed by atoms with Gasteiger partial charge >= 0.3 is 0 Å². The standard InChI is InChI=1S/C21H30O2Si/c1-5-18(22)16-17-23-24(21(2,3)4,19-12-8-6-9-13-19)20-14-10-7-11-15-20/h6-15,18,22H,5,16-17H2,1-4H3. The molecule has 130 valence electrons. The minimum atomic E-state index is -2.44. The summed E-state index contributed by atoms with van der Waals surface area (Å²) in [5, 5.41) is 12.5. The molecule has 0 spiro atoms. The maximum Gasteiger partial charge on any atom is 0.261 e. The fourth-order valence-electron chi connectivity index (χ4n) is 3.31. The molecule has 0 radical (unpaired) electrons. The molecule has 0 aliphatic carbocycles. The maximum absolute atomic E-state index is 9.93. The molecular weight excluding hydrogens is 312 g/mol. The zero-order valence-corrected chi connectivity index (χ0v) is 16.3. The van der Waals surface area contributed by atoms with Crippen molar-refractivity contribution in [3.05, 3.63) is 60.7 Å². The van der Waals surface area contributed by atoms with Crippen molar-refractivity contribution in [2.24, 2.45) is 0 Å². The molecule has 0 saturated carbocycles. The predicted octanol–water partition coefficient (Wildman–Crippen LogP) is 3.72. The molecule has 2 aromatic carbocycles. The number of aliphatic hydroxyl groups excluding tert-OH is 1. The van der Waals surface area contributed by atoms with Crippen LogP contribution in [0.3, 0.4) is 0 Å². The Morgan fingerprint density at radius 3 is 1.75 bits per heavy atom. The molecular formula is C21H30O2Si. The van der Waals surface area contributed by atoms with Crippen molar-refractivity contribution in [2.45, 2.75) is 51.7 Å². The van der Waals surface area contributed by atoms with Crippen LogP contribution in [0.25, 0.3) is 0 Å². The van der Waals surface area contributed by atoms with E-state index < -0.39 is 8.32 Å². The van der Waals surface area contributed by atoms with Gasteiger partial charge in [0.05, 0.1) is 6.10 Å². The summed E-state index contributed by atoms with van der Waals surface area (Å²) >= 11 is 0. The van der Waals surface area contributed by atoms with E-state index in [0.717, 1.165) is 6.42 Å². The van der Waals surface area contributed by atoms with Crippen molar-refractivity contribution in [3.8, 4) is 0 Å². The first-order valence-electron chi connectivity index (χ1n) is 8.85. The Kier molecular flexibility index (Phi) is 6.38. The molecule has 24 heavy (non-hydrogen) atoms.